The first kappa shape index (κ1) is 35.5. The van der Waals surface area contributed by atoms with Gasteiger partial charge in [0, 0.05) is 23.2 Å². The molecule has 3 saturated carbocycles. The fourth-order valence-electron chi connectivity index (χ4n) is 11.3. The minimum Gasteiger partial charge on any atom is -0.481 e. The summed E-state index contributed by atoms with van der Waals surface area (Å²) in [5.41, 5.74) is 2.59. The molecule has 0 radical (unpaired) electrons. The number of nitrogens with one attached hydrogen (secondary N) is 1. The highest BCUT2D eigenvalue weighted by molar-refractivity contribution is 6.00. The molecule has 11 nitrogen and oxygen atoms in total. The average molecular weight is 659 g/mol. The molecule has 11 atom stereocenters. The summed E-state index contributed by atoms with van der Waals surface area (Å²) in [5, 5.41) is 13.3. The van der Waals surface area contributed by atoms with Crippen LogP contribution in [0, 0.1) is 56.7 Å². The third-order valence-corrected chi connectivity index (χ3v) is 14.1. The van der Waals surface area contributed by atoms with Crippen molar-refractivity contribution in [2.75, 3.05) is 26.3 Å². The summed E-state index contributed by atoms with van der Waals surface area (Å²) in [6, 6.07) is 0. The zero-order valence-corrected chi connectivity index (χ0v) is 29.3. The van der Waals surface area contributed by atoms with Crippen LogP contribution in [0.4, 0.5) is 0 Å². The maximum Gasteiger partial charge on any atom is 0.325 e. The molecule has 0 unspecified atom stereocenters. The van der Waals surface area contributed by atoms with E-state index in [1.807, 2.05) is 13.8 Å². The zero-order valence-electron chi connectivity index (χ0n) is 29.3. The normalized spacial score (nSPS) is 43.0. The van der Waals surface area contributed by atoms with Gasteiger partial charge in [-0.1, -0.05) is 54.0 Å². The van der Waals surface area contributed by atoms with Crippen LogP contribution in [0.1, 0.15) is 87.5 Å². The molecule has 4 aliphatic carbocycles. The Bertz CT molecular complexity index is 1380. The van der Waals surface area contributed by atoms with Crippen molar-refractivity contribution in [1.29, 1.82) is 0 Å². The molecule has 2 bridgehead atoms. The van der Waals surface area contributed by atoms with E-state index in [2.05, 4.69) is 39.9 Å². The van der Waals surface area contributed by atoms with Gasteiger partial charge in [0.15, 0.2) is 5.78 Å². The summed E-state index contributed by atoms with van der Waals surface area (Å²) in [4.78, 5) is 65.2. The van der Waals surface area contributed by atoms with Crippen molar-refractivity contribution in [2.45, 2.75) is 99.7 Å². The fourth-order valence-corrected chi connectivity index (χ4v) is 11.3. The second kappa shape index (κ2) is 12.0. The van der Waals surface area contributed by atoms with Crippen LogP contribution in [0.3, 0.4) is 0 Å². The molecule has 4 N–H and O–H groups in total. The summed E-state index contributed by atoms with van der Waals surface area (Å²) in [7, 11) is 0. The average Bonchev–Trinajstić information content (AvgIpc) is 2.98. The largest absolute Gasteiger partial charge is 0.481 e. The number of carboxylic acid groups (broad SMARTS) is 1. The number of hydrogen-bond donors (Lipinski definition) is 3. The highest BCUT2D eigenvalue weighted by Gasteiger charge is 2.74. The summed E-state index contributed by atoms with van der Waals surface area (Å²) >= 11 is 0. The Kier molecular flexibility index (Phi) is 9.04. The van der Waals surface area contributed by atoms with Gasteiger partial charge in [0.2, 0.25) is 5.91 Å². The molecule has 1 aliphatic heterocycles. The highest BCUT2D eigenvalue weighted by atomic mass is 16.6. The van der Waals surface area contributed by atoms with E-state index in [-0.39, 0.29) is 49.2 Å². The number of ketones is 1. The Balaban J connectivity index is 1.59. The van der Waals surface area contributed by atoms with E-state index in [9.17, 15) is 29.1 Å². The molecule has 0 aromatic heterocycles. The lowest BCUT2D eigenvalue weighted by Crippen LogP contribution is -2.71. The predicted molar refractivity (Wildman–Crippen MR) is 171 cm³/mol. The minimum absolute atomic E-state index is 0.0552. The molecule has 1 saturated heterocycles. The Hall–Kier alpha value is -2.79. The van der Waals surface area contributed by atoms with Crippen LogP contribution in [0.2, 0.25) is 0 Å². The number of rotatable bonds is 8. The van der Waals surface area contributed by atoms with Gasteiger partial charge >= 0.3 is 17.9 Å². The molecule has 0 spiro atoms. The number of amides is 1. The van der Waals surface area contributed by atoms with Gasteiger partial charge in [0.25, 0.3) is 0 Å². The van der Waals surface area contributed by atoms with Gasteiger partial charge in [0.05, 0.1) is 25.7 Å². The molecule has 47 heavy (non-hydrogen) atoms. The maximum atomic E-state index is 14.8. The van der Waals surface area contributed by atoms with Crippen LogP contribution < -0.4 is 11.1 Å². The molecule has 5 aliphatic rings. The Morgan fingerprint density at radius 2 is 1.74 bits per heavy atom. The first-order valence-corrected chi connectivity index (χ1v) is 17.2. The lowest BCUT2D eigenvalue weighted by atomic mass is 9.34. The number of hydrogen-bond acceptors (Lipinski definition) is 9. The molecule has 1 amide bonds. The number of carbonyl (C=O) groups is 5. The van der Waals surface area contributed by atoms with Crippen molar-refractivity contribution in [3.63, 3.8) is 0 Å². The van der Waals surface area contributed by atoms with Crippen LogP contribution in [-0.2, 0) is 38.2 Å². The van der Waals surface area contributed by atoms with Crippen LogP contribution in [0.5, 0.6) is 0 Å². The van der Waals surface area contributed by atoms with E-state index in [1.54, 1.807) is 6.08 Å². The van der Waals surface area contributed by atoms with Crippen LogP contribution in [-0.4, -0.2) is 73.2 Å². The van der Waals surface area contributed by atoms with Gasteiger partial charge in [0.1, 0.15) is 18.8 Å². The first-order chi connectivity index (χ1) is 21.8. The third-order valence-electron chi connectivity index (χ3n) is 14.1. The van der Waals surface area contributed by atoms with E-state index in [0.29, 0.717) is 19.4 Å². The lowest BCUT2D eigenvalue weighted by Gasteiger charge is -2.70. The number of allylic oxidation sites excluding steroid dienone is 1. The van der Waals surface area contributed by atoms with Crippen molar-refractivity contribution >= 4 is 29.6 Å². The minimum atomic E-state index is -1.12. The van der Waals surface area contributed by atoms with Gasteiger partial charge in [-0.2, -0.15) is 0 Å². The molecule has 5 rings (SSSR count). The molecule has 0 aromatic carbocycles. The van der Waals surface area contributed by atoms with E-state index in [4.69, 9.17) is 19.9 Å². The second-order valence-corrected chi connectivity index (χ2v) is 16.5. The fraction of sp³-hybridized carbons (Fsp3) is 0.806. The predicted octanol–water partition coefficient (Wildman–Crippen LogP) is 3.67. The van der Waals surface area contributed by atoms with Gasteiger partial charge in [-0.25, -0.2) is 0 Å². The molecule has 1 heterocycles. The van der Waals surface area contributed by atoms with Gasteiger partial charge in [-0.3, -0.25) is 24.0 Å². The monoisotopic (exact) mass is 658 g/mol. The molecule has 262 valence electrons. The van der Waals surface area contributed by atoms with E-state index in [1.165, 1.54) is 6.92 Å². The Labute approximate surface area is 278 Å². The quantitative estimate of drug-likeness (QED) is 0.327. The number of nitrogens with two attached hydrogens (primary N) is 1. The Morgan fingerprint density at radius 1 is 1.06 bits per heavy atom. The van der Waals surface area contributed by atoms with E-state index in [0.717, 1.165) is 24.8 Å². The van der Waals surface area contributed by atoms with Crippen LogP contribution in [0.25, 0.3) is 0 Å². The first-order valence-electron chi connectivity index (χ1n) is 17.2. The second-order valence-electron chi connectivity index (χ2n) is 16.5. The van der Waals surface area contributed by atoms with Crippen molar-refractivity contribution in [1.82, 2.24) is 5.32 Å². The molecular formula is C36H54N2O9. The molecule has 4 fully saturated rings. The van der Waals surface area contributed by atoms with Crippen LogP contribution >= 0.6 is 0 Å². The molecular weight excluding hydrogens is 604 g/mol. The summed E-state index contributed by atoms with van der Waals surface area (Å²) in [6.07, 6.45) is 3.32. The number of fused-ring (bicyclic) bond motifs is 3. The highest BCUT2D eigenvalue weighted by Crippen LogP contribution is 2.74. The summed E-state index contributed by atoms with van der Waals surface area (Å²) in [6.45, 7) is 15.7. The van der Waals surface area contributed by atoms with Gasteiger partial charge < -0.3 is 30.4 Å². The van der Waals surface area contributed by atoms with Crippen molar-refractivity contribution in [2.24, 2.45) is 62.4 Å². The summed E-state index contributed by atoms with van der Waals surface area (Å²) < 4.78 is 18.3. The third kappa shape index (κ3) is 5.08. The van der Waals surface area contributed by atoms with Crippen molar-refractivity contribution < 1.29 is 43.3 Å². The number of ether oxygens (including phenoxy) is 3. The lowest BCUT2D eigenvalue weighted by molar-refractivity contribution is -0.261. The topological polar surface area (TPSA) is 171 Å². The van der Waals surface area contributed by atoms with E-state index >= 15 is 0 Å². The number of aliphatic carboxylic acids is 1. The summed E-state index contributed by atoms with van der Waals surface area (Å²) in [5.74, 6) is -3.39. The molecule has 0 aromatic rings. The van der Waals surface area contributed by atoms with Crippen LogP contribution in [0.15, 0.2) is 11.6 Å². The number of carboxylic acids is 1. The van der Waals surface area contributed by atoms with Crippen molar-refractivity contribution in [3.05, 3.63) is 11.6 Å². The van der Waals surface area contributed by atoms with Crippen molar-refractivity contribution in [3.8, 4) is 0 Å². The van der Waals surface area contributed by atoms with Gasteiger partial charge in [-0.15, -0.1) is 0 Å². The zero-order chi connectivity index (χ0) is 34.9. The number of esters is 2. The maximum absolute atomic E-state index is 14.8. The Morgan fingerprint density at radius 3 is 2.34 bits per heavy atom. The number of carbonyl (C=O) groups excluding carboxylic acids is 4. The van der Waals surface area contributed by atoms with E-state index < -0.39 is 69.0 Å². The SMILES string of the molecule is CC(=O)O[C@@H]1C[C@]23COC[C@@](C)([C@@H]2CC[C@H]2C3=CC(=O)[C@@]3(C)[C@H](C(=O)O)[C@@](C)([C@H](C)C(C)C)CC[C@]23C)[C@H]1OC(=O)CNC(=O)CN. The smallest absolute Gasteiger partial charge is 0.325 e. The van der Waals surface area contributed by atoms with Gasteiger partial charge in [-0.05, 0) is 72.7 Å². The molecule has 11 heteroatoms. The standard InChI is InChI=1S/C36H54N2O9/c1-19(2)20(3)32(5)11-12-34(7)22-9-10-25-33(6)17-45-18-36(25,23(22)13-26(40)35(34,8)29(32)31(43)44)14-24(46-21(4)39)30(33)47-28(42)16-38-27(41)15-37/h13,19-20,22,24-25,29-30H,9-12,14-18,37H2,1-8H3,(H,38,41)(H,43,44)/t20-,22+,24-,25+,29-,30+,32-,33+,34-,35+,36-/m1/s1.